The first-order valence-corrected chi connectivity index (χ1v) is 9.06. The molecule has 2 aromatic heterocycles. The van der Waals surface area contributed by atoms with Crippen LogP contribution in [0.1, 0.15) is 5.76 Å². The van der Waals surface area contributed by atoms with Crippen molar-refractivity contribution in [3.63, 3.8) is 0 Å². The molecule has 8 heteroatoms. The van der Waals surface area contributed by atoms with Gasteiger partial charge in [0.2, 0.25) is 11.6 Å². The number of nitrogens with one attached hydrogen (secondary N) is 1. The highest BCUT2D eigenvalue weighted by atomic mass is 79.9. The minimum absolute atomic E-state index is 0.104. The lowest BCUT2D eigenvalue weighted by Gasteiger charge is -2.22. The van der Waals surface area contributed by atoms with E-state index in [1.54, 1.807) is 12.1 Å². The Labute approximate surface area is 157 Å². The zero-order valence-corrected chi connectivity index (χ0v) is 15.5. The van der Waals surface area contributed by atoms with Crippen LogP contribution in [0.5, 0.6) is 0 Å². The van der Waals surface area contributed by atoms with Crippen LogP contribution in [-0.4, -0.2) is 35.9 Å². The van der Waals surface area contributed by atoms with Crippen molar-refractivity contribution in [3.05, 3.63) is 45.6 Å². The number of hydrogen-bond donors (Lipinski definition) is 1. The summed E-state index contributed by atoms with van der Waals surface area (Å²) in [5.41, 5.74) is 0.823. The van der Waals surface area contributed by atoms with E-state index < -0.39 is 0 Å². The van der Waals surface area contributed by atoms with E-state index in [0.29, 0.717) is 35.5 Å². The average Bonchev–Trinajstić information content (AvgIpc) is 3.23. The Hall–Kier alpha value is -1.67. The summed E-state index contributed by atoms with van der Waals surface area (Å²) in [5, 5.41) is 7.98. The first-order chi connectivity index (χ1) is 12.2. The monoisotopic (exact) mass is 423 g/mol. The molecule has 1 unspecified atom stereocenters. The molecule has 0 spiro atoms. The van der Waals surface area contributed by atoms with Crippen molar-refractivity contribution in [1.82, 2.24) is 15.5 Å². The summed E-state index contributed by atoms with van der Waals surface area (Å²) in [6, 6.07) is 9.16. The zero-order valence-electron chi connectivity index (χ0n) is 13.2. The van der Waals surface area contributed by atoms with Crippen molar-refractivity contribution in [2.45, 2.75) is 12.5 Å². The van der Waals surface area contributed by atoms with Crippen LogP contribution in [-0.2, 0) is 11.2 Å². The number of aromatic nitrogens is 2. The molecule has 1 atom stereocenters. The van der Waals surface area contributed by atoms with Gasteiger partial charge in [-0.1, -0.05) is 16.8 Å². The van der Waals surface area contributed by atoms with Crippen molar-refractivity contribution >= 4 is 27.5 Å². The summed E-state index contributed by atoms with van der Waals surface area (Å²) in [7, 11) is 0. The number of rotatable bonds is 4. The smallest absolute Gasteiger partial charge is 0.295 e. The van der Waals surface area contributed by atoms with Crippen molar-refractivity contribution in [3.8, 4) is 23.0 Å². The van der Waals surface area contributed by atoms with Gasteiger partial charge in [-0.2, -0.15) is 4.98 Å². The molecule has 0 radical (unpaired) electrons. The lowest BCUT2D eigenvalue weighted by atomic mass is 10.2. The molecule has 0 amide bonds. The van der Waals surface area contributed by atoms with Gasteiger partial charge in [-0.25, -0.2) is 0 Å². The third kappa shape index (κ3) is 3.79. The summed E-state index contributed by atoms with van der Waals surface area (Å²) >= 11 is 9.40. The van der Waals surface area contributed by atoms with Crippen LogP contribution >= 0.6 is 27.5 Å². The summed E-state index contributed by atoms with van der Waals surface area (Å²) in [5.74, 6) is 2.13. The Morgan fingerprint density at radius 1 is 1.28 bits per heavy atom. The molecule has 4 rings (SSSR count). The van der Waals surface area contributed by atoms with E-state index in [9.17, 15) is 0 Å². The second-order valence-electron chi connectivity index (χ2n) is 5.72. The van der Waals surface area contributed by atoms with E-state index in [0.717, 1.165) is 28.9 Å². The Balaban J connectivity index is 1.54. The summed E-state index contributed by atoms with van der Waals surface area (Å²) in [6.45, 7) is 2.42. The quantitative estimate of drug-likeness (QED) is 0.684. The van der Waals surface area contributed by atoms with Crippen LogP contribution in [0.3, 0.4) is 0 Å². The number of halogens is 2. The molecule has 1 aliphatic heterocycles. The van der Waals surface area contributed by atoms with E-state index in [1.165, 1.54) is 0 Å². The molecule has 1 saturated heterocycles. The van der Waals surface area contributed by atoms with Gasteiger partial charge in [-0.15, -0.1) is 0 Å². The maximum absolute atomic E-state index is 5.90. The first-order valence-electron chi connectivity index (χ1n) is 7.89. The van der Waals surface area contributed by atoms with Crippen LogP contribution in [0.4, 0.5) is 0 Å². The molecule has 0 bridgehead atoms. The number of nitrogens with zero attached hydrogens (tertiary/aromatic N) is 2. The van der Waals surface area contributed by atoms with Crippen molar-refractivity contribution in [1.29, 1.82) is 0 Å². The second kappa shape index (κ2) is 7.29. The molecule has 0 aliphatic carbocycles. The highest BCUT2D eigenvalue weighted by molar-refractivity contribution is 9.10. The summed E-state index contributed by atoms with van der Waals surface area (Å²) in [4.78, 5) is 4.41. The molecule has 130 valence electrons. The van der Waals surface area contributed by atoms with Gasteiger partial charge in [0.25, 0.3) is 5.89 Å². The predicted molar refractivity (Wildman–Crippen MR) is 96.5 cm³/mol. The second-order valence-corrected chi connectivity index (χ2v) is 7.01. The molecular weight excluding hydrogens is 410 g/mol. The molecule has 1 aromatic carbocycles. The van der Waals surface area contributed by atoms with Gasteiger partial charge >= 0.3 is 0 Å². The van der Waals surface area contributed by atoms with Crippen LogP contribution in [0.15, 0.2) is 43.7 Å². The molecule has 6 nitrogen and oxygen atoms in total. The van der Waals surface area contributed by atoms with Crippen LogP contribution in [0, 0.1) is 0 Å². The first kappa shape index (κ1) is 16.8. The third-order valence-electron chi connectivity index (χ3n) is 3.89. The molecule has 1 fully saturated rings. The van der Waals surface area contributed by atoms with Crippen LogP contribution < -0.4 is 5.32 Å². The lowest BCUT2D eigenvalue weighted by molar-refractivity contribution is 0.0263. The largest absolute Gasteiger partial charge is 0.455 e. The predicted octanol–water partition coefficient (Wildman–Crippen LogP) is 3.94. The van der Waals surface area contributed by atoms with Crippen LogP contribution in [0.2, 0.25) is 5.02 Å². The summed E-state index contributed by atoms with van der Waals surface area (Å²) < 4.78 is 17.7. The fraction of sp³-hybridized carbons (Fsp3) is 0.294. The Kier molecular flexibility index (Phi) is 4.89. The van der Waals surface area contributed by atoms with E-state index in [2.05, 4.69) is 31.4 Å². The summed E-state index contributed by atoms with van der Waals surface area (Å²) in [6.07, 6.45) is 0.788. The Morgan fingerprint density at radius 2 is 2.12 bits per heavy atom. The molecule has 3 aromatic rings. The van der Waals surface area contributed by atoms with Gasteiger partial charge in [0, 0.05) is 30.1 Å². The minimum atomic E-state index is 0.104. The van der Waals surface area contributed by atoms with E-state index in [1.807, 2.05) is 18.2 Å². The number of ether oxygens (including phenoxy) is 1. The topological polar surface area (TPSA) is 73.3 Å². The highest BCUT2D eigenvalue weighted by Gasteiger charge is 2.21. The van der Waals surface area contributed by atoms with Gasteiger partial charge in [-0.05, 0) is 46.3 Å². The van der Waals surface area contributed by atoms with Gasteiger partial charge in [0.1, 0.15) is 5.76 Å². The third-order valence-corrected chi connectivity index (χ3v) is 4.73. The van der Waals surface area contributed by atoms with Crippen LogP contribution in [0.25, 0.3) is 23.0 Å². The number of hydrogen-bond acceptors (Lipinski definition) is 6. The van der Waals surface area contributed by atoms with Crippen molar-refractivity contribution in [2.24, 2.45) is 0 Å². The number of morpholine rings is 1. The van der Waals surface area contributed by atoms with Gasteiger partial charge in [0.15, 0.2) is 0 Å². The molecular formula is C17H15BrClN3O3. The highest BCUT2D eigenvalue weighted by Crippen LogP contribution is 2.32. The number of benzene rings is 1. The molecule has 1 aliphatic rings. The normalized spacial score (nSPS) is 17.8. The standard InChI is InChI=1S/C17H15BrClN3O3/c18-14-8-12(7-13-9-20-5-6-23-13)24-15(14)17-21-16(22-25-17)10-1-3-11(19)4-2-10/h1-4,8,13,20H,5-7,9H2. The Morgan fingerprint density at radius 3 is 2.88 bits per heavy atom. The average molecular weight is 425 g/mol. The van der Waals surface area contributed by atoms with Gasteiger partial charge < -0.3 is 19.0 Å². The van der Waals surface area contributed by atoms with Gasteiger partial charge in [0.05, 0.1) is 17.2 Å². The Bertz CT molecular complexity index is 856. The maximum atomic E-state index is 5.90. The van der Waals surface area contributed by atoms with E-state index in [-0.39, 0.29) is 6.10 Å². The molecule has 25 heavy (non-hydrogen) atoms. The SMILES string of the molecule is Clc1ccc(-c2noc(-c3oc(CC4CNCCO4)cc3Br)n2)cc1. The fourth-order valence-electron chi connectivity index (χ4n) is 2.67. The molecule has 3 heterocycles. The van der Waals surface area contributed by atoms with Gasteiger partial charge in [-0.3, -0.25) is 0 Å². The van der Waals surface area contributed by atoms with Crippen molar-refractivity contribution < 1.29 is 13.7 Å². The van der Waals surface area contributed by atoms with E-state index >= 15 is 0 Å². The van der Waals surface area contributed by atoms with Crippen molar-refractivity contribution in [2.75, 3.05) is 19.7 Å². The molecule has 1 N–H and O–H groups in total. The number of furan rings is 1. The lowest BCUT2D eigenvalue weighted by Crippen LogP contribution is -2.39. The zero-order chi connectivity index (χ0) is 17.2. The minimum Gasteiger partial charge on any atom is -0.455 e. The fourth-order valence-corrected chi connectivity index (χ4v) is 3.30. The molecule has 0 saturated carbocycles. The van der Waals surface area contributed by atoms with E-state index in [4.69, 9.17) is 25.3 Å². The maximum Gasteiger partial charge on any atom is 0.295 e.